The summed E-state index contributed by atoms with van der Waals surface area (Å²) < 4.78 is 1.77. The Morgan fingerprint density at radius 2 is 1.88 bits per heavy atom. The van der Waals surface area contributed by atoms with Gasteiger partial charge in [0, 0.05) is 18.3 Å². The van der Waals surface area contributed by atoms with E-state index in [1.165, 1.54) is 31.7 Å². The summed E-state index contributed by atoms with van der Waals surface area (Å²) in [5.74, 6) is 0. The predicted octanol–water partition coefficient (Wildman–Crippen LogP) is 1.97. The van der Waals surface area contributed by atoms with Crippen LogP contribution in [-0.4, -0.2) is 33.1 Å². The minimum absolute atomic E-state index is 0.0162. The maximum atomic E-state index is 13.0. The largest absolute Gasteiger partial charge is 0.321 e. The van der Waals surface area contributed by atoms with E-state index in [2.05, 4.69) is 9.88 Å². The molecule has 0 bridgehead atoms. The molecular formula is C19H22N4O2. The summed E-state index contributed by atoms with van der Waals surface area (Å²) in [6.45, 7) is 2.92. The van der Waals surface area contributed by atoms with Gasteiger partial charge in [-0.15, -0.1) is 0 Å². The number of nitriles is 1. The summed E-state index contributed by atoms with van der Waals surface area (Å²) in [5, 5.41) is 9.48. The molecule has 0 amide bonds. The molecular weight excluding hydrogens is 316 g/mol. The van der Waals surface area contributed by atoms with Gasteiger partial charge in [0.25, 0.3) is 11.1 Å². The lowest BCUT2D eigenvalue weighted by Crippen LogP contribution is -2.49. The van der Waals surface area contributed by atoms with Gasteiger partial charge < -0.3 is 9.55 Å². The molecule has 1 N–H and O–H groups in total. The van der Waals surface area contributed by atoms with Gasteiger partial charge in [0.15, 0.2) is 0 Å². The molecule has 1 saturated carbocycles. The Labute approximate surface area is 145 Å². The maximum Gasteiger partial charge on any atom is 0.266 e. The van der Waals surface area contributed by atoms with E-state index in [1.807, 2.05) is 6.07 Å². The van der Waals surface area contributed by atoms with Gasteiger partial charge in [-0.1, -0.05) is 12.8 Å². The topological polar surface area (TPSA) is 81.9 Å². The molecule has 2 aromatic heterocycles. The molecule has 0 aromatic carbocycles. The molecule has 3 heterocycles. The van der Waals surface area contributed by atoms with Crippen LogP contribution in [0.3, 0.4) is 0 Å². The molecule has 1 saturated heterocycles. The highest BCUT2D eigenvalue weighted by Gasteiger charge is 2.41. The van der Waals surface area contributed by atoms with Crippen molar-refractivity contribution in [2.24, 2.45) is 0 Å². The van der Waals surface area contributed by atoms with Gasteiger partial charge in [-0.3, -0.25) is 14.5 Å². The van der Waals surface area contributed by atoms with Crippen molar-refractivity contribution in [3.63, 3.8) is 0 Å². The van der Waals surface area contributed by atoms with Crippen molar-refractivity contribution in [2.45, 2.75) is 50.6 Å². The fourth-order valence-electron chi connectivity index (χ4n) is 4.56. The molecule has 0 spiro atoms. The summed E-state index contributed by atoms with van der Waals surface area (Å²) in [6.07, 6.45) is 8.94. The molecule has 0 unspecified atom stereocenters. The predicted molar refractivity (Wildman–Crippen MR) is 95.5 cm³/mol. The minimum Gasteiger partial charge on any atom is -0.321 e. The minimum atomic E-state index is -0.448. The molecule has 4 rings (SSSR count). The average molecular weight is 338 g/mol. The number of hydrogen-bond donors (Lipinski definition) is 1. The van der Waals surface area contributed by atoms with Gasteiger partial charge in [0.2, 0.25) is 0 Å². The van der Waals surface area contributed by atoms with Crippen molar-refractivity contribution >= 4 is 10.9 Å². The lowest BCUT2D eigenvalue weighted by atomic mass is 9.95. The first-order valence-electron chi connectivity index (χ1n) is 9.05. The molecule has 6 heteroatoms. The smallest absolute Gasteiger partial charge is 0.266 e. The van der Waals surface area contributed by atoms with Crippen LogP contribution in [0.25, 0.3) is 10.9 Å². The third-order valence-corrected chi connectivity index (χ3v) is 5.88. The van der Waals surface area contributed by atoms with E-state index in [0.717, 1.165) is 25.9 Å². The van der Waals surface area contributed by atoms with Crippen LogP contribution in [0.2, 0.25) is 0 Å². The zero-order valence-electron chi connectivity index (χ0n) is 14.3. The Hall–Kier alpha value is -2.39. The lowest BCUT2D eigenvalue weighted by molar-refractivity contribution is 0.101. The van der Waals surface area contributed by atoms with E-state index in [1.54, 1.807) is 16.8 Å². The van der Waals surface area contributed by atoms with Crippen LogP contribution in [0.4, 0.5) is 0 Å². The second kappa shape index (κ2) is 6.16. The third kappa shape index (κ3) is 2.69. The summed E-state index contributed by atoms with van der Waals surface area (Å²) in [5.41, 5.74) is -0.0228. The first-order valence-corrected chi connectivity index (χ1v) is 9.05. The quantitative estimate of drug-likeness (QED) is 0.927. The monoisotopic (exact) mass is 338 g/mol. The number of fused-ring (bicyclic) bond motifs is 1. The van der Waals surface area contributed by atoms with Crippen LogP contribution >= 0.6 is 0 Å². The molecule has 2 aliphatic rings. The number of hydrogen-bond acceptors (Lipinski definition) is 4. The number of rotatable bonds is 3. The van der Waals surface area contributed by atoms with Gasteiger partial charge in [-0.05, 0) is 50.9 Å². The Kier molecular flexibility index (Phi) is 3.97. The van der Waals surface area contributed by atoms with Crippen LogP contribution in [-0.2, 0) is 6.54 Å². The summed E-state index contributed by atoms with van der Waals surface area (Å²) >= 11 is 0. The van der Waals surface area contributed by atoms with Crippen molar-refractivity contribution in [3.05, 3.63) is 44.6 Å². The van der Waals surface area contributed by atoms with Crippen LogP contribution in [0.5, 0.6) is 0 Å². The normalized spacial score (nSPS) is 20.1. The Morgan fingerprint density at radius 3 is 2.56 bits per heavy atom. The number of pyridine rings is 2. The molecule has 0 radical (unpaired) electrons. The Balaban J connectivity index is 1.77. The van der Waals surface area contributed by atoms with Crippen molar-refractivity contribution in [1.29, 1.82) is 5.26 Å². The van der Waals surface area contributed by atoms with E-state index in [-0.39, 0.29) is 16.7 Å². The molecule has 2 aromatic rings. The fourth-order valence-corrected chi connectivity index (χ4v) is 4.56. The summed E-state index contributed by atoms with van der Waals surface area (Å²) in [6, 6.07) is 5.05. The third-order valence-electron chi connectivity index (χ3n) is 5.88. The van der Waals surface area contributed by atoms with Crippen LogP contribution < -0.4 is 11.1 Å². The van der Waals surface area contributed by atoms with Gasteiger partial charge in [0.1, 0.15) is 11.6 Å². The molecule has 1 aliphatic heterocycles. The summed E-state index contributed by atoms with van der Waals surface area (Å²) in [7, 11) is 0. The number of aromatic nitrogens is 2. The van der Waals surface area contributed by atoms with Gasteiger partial charge >= 0.3 is 0 Å². The molecule has 130 valence electrons. The zero-order chi connectivity index (χ0) is 17.4. The van der Waals surface area contributed by atoms with Crippen molar-refractivity contribution in [1.82, 2.24) is 14.5 Å². The highest BCUT2D eigenvalue weighted by Crippen LogP contribution is 2.38. The van der Waals surface area contributed by atoms with E-state index in [4.69, 9.17) is 5.26 Å². The molecule has 25 heavy (non-hydrogen) atoms. The van der Waals surface area contributed by atoms with E-state index < -0.39 is 5.56 Å². The number of H-pyrrole nitrogens is 1. The highest BCUT2D eigenvalue weighted by molar-refractivity contribution is 5.78. The Morgan fingerprint density at radius 1 is 1.16 bits per heavy atom. The van der Waals surface area contributed by atoms with Crippen LogP contribution in [0, 0.1) is 11.3 Å². The number of aromatic amines is 1. The highest BCUT2D eigenvalue weighted by atomic mass is 16.1. The first kappa shape index (κ1) is 16.1. The second-order valence-electron chi connectivity index (χ2n) is 7.33. The van der Waals surface area contributed by atoms with Crippen molar-refractivity contribution in [2.75, 3.05) is 13.1 Å². The van der Waals surface area contributed by atoms with Crippen LogP contribution in [0.15, 0.2) is 27.9 Å². The Bertz CT molecular complexity index is 954. The van der Waals surface area contributed by atoms with Gasteiger partial charge in [-0.2, -0.15) is 5.26 Å². The fraction of sp³-hybridized carbons (Fsp3) is 0.526. The number of likely N-dealkylation sites (tertiary alicyclic amines) is 1. The number of nitrogens with one attached hydrogen (secondary N) is 1. The SMILES string of the molecule is N#Cc1cc2c(=O)n(CC3(N4CCCC4)CCCC3)ccc2[nH]c1=O. The second-order valence-corrected chi connectivity index (χ2v) is 7.33. The molecule has 0 atom stereocenters. The summed E-state index contributed by atoms with van der Waals surface area (Å²) in [4.78, 5) is 29.9. The van der Waals surface area contributed by atoms with E-state index in [0.29, 0.717) is 17.4 Å². The lowest BCUT2D eigenvalue weighted by Gasteiger charge is -2.39. The average Bonchev–Trinajstić information content (AvgIpc) is 3.29. The van der Waals surface area contributed by atoms with Crippen molar-refractivity contribution < 1.29 is 0 Å². The van der Waals surface area contributed by atoms with Gasteiger partial charge in [0.05, 0.1) is 10.9 Å². The first-order chi connectivity index (χ1) is 12.1. The van der Waals surface area contributed by atoms with Gasteiger partial charge in [-0.25, -0.2) is 0 Å². The molecule has 6 nitrogen and oxygen atoms in total. The number of nitrogens with zero attached hydrogens (tertiary/aromatic N) is 3. The zero-order valence-corrected chi connectivity index (χ0v) is 14.3. The molecule has 1 aliphatic carbocycles. The van der Waals surface area contributed by atoms with Crippen LogP contribution in [0.1, 0.15) is 44.1 Å². The standard InChI is InChI=1S/C19H22N4O2/c20-12-14-11-15-16(21-17(14)24)5-10-22(18(15)25)13-19(6-1-2-7-19)23-8-3-4-9-23/h5,10-11H,1-4,6-9,13H2,(H,21,24). The van der Waals surface area contributed by atoms with E-state index in [9.17, 15) is 9.59 Å². The van der Waals surface area contributed by atoms with Crippen molar-refractivity contribution in [3.8, 4) is 6.07 Å². The molecule has 2 fully saturated rings. The maximum absolute atomic E-state index is 13.0. The van der Waals surface area contributed by atoms with E-state index >= 15 is 0 Å².